The first-order valence-electron chi connectivity index (χ1n) is 11.6. The van der Waals surface area contributed by atoms with Crippen LogP contribution in [0.15, 0.2) is 18.2 Å². The minimum atomic E-state index is -4.13. The molecule has 0 heterocycles. The van der Waals surface area contributed by atoms with Crippen LogP contribution in [-0.2, 0) is 23.0 Å². The van der Waals surface area contributed by atoms with Crippen LogP contribution < -0.4 is 34.3 Å². The molecule has 4 nitrogen and oxygen atoms in total. The molecule has 30 heavy (non-hydrogen) atoms. The van der Waals surface area contributed by atoms with Crippen molar-refractivity contribution in [3.63, 3.8) is 0 Å². The van der Waals surface area contributed by atoms with Gasteiger partial charge < -0.3 is 9.29 Å². The Kier molecular flexibility index (Phi) is 18.5. The molecule has 0 bridgehead atoms. The molecule has 0 N–H and O–H groups in total. The molecule has 0 saturated carbocycles. The minimum absolute atomic E-state index is 0. The van der Waals surface area contributed by atoms with Crippen LogP contribution in [0, 0.1) is 0 Å². The molecule has 0 spiro atoms. The molecule has 0 unspecified atom stereocenters. The summed E-state index contributed by atoms with van der Waals surface area (Å²) < 4.78 is 38.4. The Morgan fingerprint density at radius 3 is 1.73 bits per heavy atom. The van der Waals surface area contributed by atoms with E-state index < -0.39 is 10.1 Å². The molecule has 0 saturated heterocycles. The van der Waals surface area contributed by atoms with Gasteiger partial charge in [-0.2, -0.15) is 0 Å². The Morgan fingerprint density at radius 2 is 1.27 bits per heavy atom. The summed E-state index contributed by atoms with van der Waals surface area (Å²) in [5, 5.41) is 0. The van der Waals surface area contributed by atoms with Gasteiger partial charge in [0.2, 0.25) is 0 Å². The molecule has 6 heteroatoms. The normalized spacial score (nSPS) is 11.3. The Bertz CT molecular complexity index is 614. The van der Waals surface area contributed by atoms with Crippen LogP contribution in [0.25, 0.3) is 0 Å². The largest absolute Gasteiger partial charge is 1.00 e. The third kappa shape index (κ3) is 14.9. The van der Waals surface area contributed by atoms with E-state index in [4.69, 9.17) is 4.74 Å². The van der Waals surface area contributed by atoms with Crippen molar-refractivity contribution in [2.45, 2.75) is 104 Å². The maximum atomic E-state index is 10.8. The second-order valence-electron chi connectivity index (χ2n) is 8.05. The van der Waals surface area contributed by atoms with Gasteiger partial charge in [0.05, 0.1) is 16.7 Å². The van der Waals surface area contributed by atoms with Crippen molar-refractivity contribution < 1.29 is 47.3 Å². The standard InChI is InChI=1S/C24H42O4S.Na/c1-3-5-7-9-11-16-22-18-15-19-23(17-12-10-8-6-4-2)24(22)28-20-13-14-21-29(25,26)27;/h15,18-19H,3-14,16-17,20-21H2,1-2H3,(H,25,26,27);/q;+1/p-1. The zero-order valence-corrected chi connectivity index (χ0v) is 22.4. The number of rotatable bonds is 18. The second-order valence-corrected chi connectivity index (χ2v) is 9.57. The molecule has 0 aliphatic heterocycles. The summed E-state index contributed by atoms with van der Waals surface area (Å²) in [6, 6.07) is 6.47. The number of ether oxygens (including phenoxy) is 1. The van der Waals surface area contributed by atoms with E-state index in [2.05, 4.69) is 32.0 Å². The fraction of sp³-hybridized carbons (Fsp3) is 0.750. The molecule has 0 aliphatic carbocycles. The fourth-order valence-electron chi connectivity index (χ4n) is 3.61. The van der Waals surface area contributed by atoms with E-state index in [9.17, 15) is 13.0 Å². The molecule has 0 amide bonds. The average molecular weight is 449 g/mol. The predicted octanol–water partition coefficient (Wildman–Crippen LogP) is 3.42. The van der Waals surface area contributed by atoms with Gasteiger partial charge in [-0.15, -0.1) is 0 Å². The number of hydrogen-bond donors (Lipinski definition) is 0. The van der Waals surface area contributed by atoms with E-state index in [0.717, 1.165) is 18.6 Å². The van der Waals surface area contributed by atoms with Gasteiger partial charge in [-0.05, 0) is 49.7 Å². The van der Waals surface area contributed by atoms with Crippen LogP contribution in [-0.4, -0.2) is 25.3 Å². The van der Waals surface area contributed by atoms with Crippen LogP contribution in [0.2, 0.25) is 0 Å². The number of hydrogen-bond acceptors (Lipinski definition) is 4. The molecule has 0 aromatic heterocycles. The van der Waals surface area contributed by atoms with Gasteiger partial charge in [-0.25, -0.2) is 8.42 Å². The molecule has 1 aromatic rings. The van der Waals surface area contributed by atoms with Gasteiger partial charge in [0.15, 0.2) is 0 Å². The monoisotopic (exact) mass is 448 g/mol. The zero-order chi connectivity index (χ0) is 21.4. The van der Waals surface area contributed by atoms with E-state index in [0.29, 0.717) is 19.4 Å². The maximum Gasteiger partial charge on any atom is 1.00 e. The van der Waals surface area contributed by atoms with Gasteiger partial charge in [-0.3, -0.25) is 0 Å². The van der Waals surface area contributed by atoms with Crippen LogP contribution in [0.3, 0.4) is 0 Å². The molecule has 0 fully saturated rings. The van der Waals surface area contributed by atoms with E-state index in [1.165, 1.54) is 75.3 Å². The Balaban J connectivity index is 0.00000841. The topological polar surface area (TPSA) is 66.4 Å². The number of para-hydroxylation sites is 1. The van der Waals surface area contributed by atoms with Crippen molar-refractivity contribution in [3.05, 3.63) is 29.3 Å². The predicted molar refractivity (Wildman–Crippen MR) is 121 cm³/mol. The van der Waals surface area contributed by atoms with Crippen molar-refractivity contribution in [1.29, 1.82) is 0 Å². The molecule has 168 valence electrons. The number of unbranched alkanes of at least 4 members (excludes halogenated alkanes) is 9. The average Bonchev–Trinajstić information content (AvgIpc) is 2.67. The van der Waals surface area contributed by atoms with Gasteiger partial charge in [0.25, 0.3) is 0 Å². The van der Waals surface area contributed by atoms with Crippen molar-refractivity contribution >= 4 is 10.1 Å². The summed E-state index contributed by atoms with van der Waals surface area (Å²) in [6.07, 6.45) is 15.5. The number of aryl methyl sites for hydroxylation is 2. The molecule has 0 aliphatic rings. The second kappa shape index (κ2) is 18.5. The molecule has 1 rings (SSSR count). The van der Waals surface area contributed by atoms with Crippen LogP contribution in [0.5, 0.6) is 5.75 Å². The van der Waals surface area contributed by atoms with E-state index in [-0.39, 0.29) is 35.3 Å². The van der Waals surface area contributed by atoms with Crippen LogP contribution in [0.4, 0.5) is 0 Å². The summed E-state index contributed by atoms with van der Waals surface area (Å²) in [4.78, 5) is 0. The molecule has 0 radical (unpaired) electrons. The smallest absolute Gasteiger partial charge is 0.748 e. The Morgan fingerprint density at radius 1 is 0.767 bits per heavy atom. The van der Waals surface area contributed by atoms with Gasteiger partial charge in [0.1, 0.15) is 5.75 Å². The molecular weight excluding hydrogens is 407 g/mol. The summed E-state index contributed by atoms with van der Waals surface area (Å²) in [7, 11) is -4.13. The SMILES string of the molecule is CCCCCCCc1cccc(CCCCCCC)c1OCCCCS(=O)(=O)[O-].[Na+]. The van der Waals surface area contributed by atoms with Crippen molar-refractivity contribution in [2.75, 3.05) is 12.4 Å². The van der Waals surface area contributed by atoms with Crippen molar-refractivity contribution in [1.82, 2.24) is 0 Å². The third-order valence-corrected chi connectivity index (χ3v) is 6.10. The first kappa shape index (κ1) is 29.9. The summed E-state index contributed by atoms with van der Waals surface area (Å²) in [5.41, 5.74) is 2.54. The molecular formula is C24H41NaO4S. The van der Waals surface area contributed by atoms with Gasteiger partial charge >= 0.3 is 29.6 Å². The Hall–Kier alpha value is -0.0700. The van der Waals surface area contributed by atoms with E-state index in [1.807, 2.05) is 0 Å². The first-order chi connectivity index (χ1) is 14.0. The summed E-state index contributed by atoms with van der Waals surface area (Å²) >= 11 is 0. The van der Waals surface area contributed by atoms with Crippen LogP contribution in [0.1, 0.15) is 102 Å². The zero-order valence-electron chi connectivity index (χ0n) is 19.6. The van der Waals surface area contributed by atoms with Gasteiger partial charge in [-0.1, -0.05) is 83.4 Å². The quantitative estimate of drug-likeness (QED) is 0.196. The number of benzene rings is 1. The van der Waals surface area contributed by atoms with Crippen molar-refractivity contribution in [2.24, 2.45) is 0 Å². The maximum absolute atomic E-state index is 10.8. The Labute approximate surface area is 207 Å². The van der Waals surface area contributed by atoms with E-state index >= 15 is 0 Å². The van der Waals surface area contributed by atoms with Crippen molar-refractivity contribution in [3.8, 4) is 5.75 Å². The first-order valence-corrected chi connectivity index (χ1v) is 13.2. The van der Waals surface area contributed by atoms with Gasteiger partial charge in [0, 0.05) is 5.75 Å². The third-order valence-electron chi connectivity index (χ3n) is 5.31. The summed E-state index contributed by atoms with van der Waals surface area (Å²) in [5.74, 6) is 0.697. The minimum Gasteiger partial charge on any atom is -0.748 e. The molecule has 0 atom stereocenters. The molecule has 1 aromatic carbocycles. The van der Waals surface area contributed by atoms with E-state index in [1.54, 1.807) is 0 Å². The fourth-order valence-corrected chi connectivity index (χ4v) is 4.17. The van der Waals surface area contributed by atoms with Crippen LogP contribution >= 0.6 is 0 Å². The summed E-state index contributed by atoms with van der Waals surface area (Å²) in [6.45, 7) is 4.92.